The molecule has 0 radical (unpaired) electrons. The maximum absolute atomic E-state index is 13.5. The second-order valence-electron chi connectivity index (χ2n) is 9.03. The Hall–Kier alpha value is -2.70. The van der Waals surface area contributed by atoms with Crippen molar-refractivity contribution in [3.8, 4) is 0 Å². The number of nitrogens with zero attached hydrogens (tertiary/aromatic N) is 4. The molecule has 2 saturated heterocycles. The van der Waals surface area contributed by atoms with Gasteiger partial charge in [0, 0.05) is 56.9 Å². The number of benzene rings is 1. The maximum Gasteiger partial charge on any atom is 0.254 e. The third-order valence-electron chi connectivity index (χ3n) is 6.89. The van der Waals surface area contributed by atoms with Crippen LogP contribution in [0.4, 0.5) is 0 Å². The SMILES string of the molecule is O=C(c1ccccc1CN1CCOCC1)N1CCC[C@H](Cc2cccn3ccnc23)CC1. The van der Waals surface area contributed by atoms with E-state index in [0.29, 0.717) is 5.92 Å². The van der Waals surface area contributed by atoms with Crippen molar-refractivity contribution in [1.29, 1.82) is 0 Å². The van der Waals surface area contributed by atoms with Crippen molar-refractivity contribution in [1.82, 2.24) is 19.2 Å². The summed E-state index contributed by atoms with van der Waals surface area (Å²) in [6, 6.07) is 12.4. The second kappa shape index (κ2) is 9.84. The van der Waals surface area contributed by atoms with Gasteiger partial charge >= 0.3 is 0 Å². The van der Waals surface area contributed by atoms with Gasteiger partial charge in [0.1, 0.15) is 5.65 Å². The molecule has 6 heteroatoms. The van der Waals surface area contributed by atoms with Gasteiger partial charge in [0.25, 0.3) is 5.91 Å². The van der Waals surface area contributed by atoms with Crippen LogP contribution in [0.15, 0.2) is 55.0 Å². The summed E-state index contributed by atoms with van der Waals surface area (Å²) in [6.07, 6.45) is 10.2. The van der Waals surface area contributed by atoms with E-state index in [4.69, 9.17) is 4.74 Å². The average Bonchev–Trinajstić information content (AvgIpc) is 3.20. The lowest BCUT2D eigenvalue weighted by atomic mass is 9.93. The van der Waals surface area contributed by atoms with Gasteiger partial charge in [0.15, 0.2) is 0 Å². The molecule has 1 atom stereocenters. The molecule has 2 aliphatic heterocycles. The molecule has 2 aliphatic rings. The highest BCUT2D eigenvalue weighted by Gasteiger charge is 2.24. The number of hydrogen-bond acceptors (Lipinski definition) is 4. The first-order valence-electron chi connectivity index (χ1n) is 11.9. The molecule has 0 unspecified atom stereocenters. The second-order valence-corrected chi connectivity index (χ2v) is 9.03. The third kappa shape index (κ3) is 4.71. The number of amides is 1. The lowest BCUT2D eigenvalue weighted by Gasteiger charge is -2.28. The quantitative estimate of drug-likeness (QED) is 0.618. The minimum Gasteiger partial charge on any atom is -0.379 e. The number of carbonyl (C=O) groups excluding carboxylic acids is 1. The smallest absolute Gasteiger partial charge is 0.254 e. The highest BCUT2D eigenvalue weighted by Crippen LogP contribution is 2.25. The van der Waals surface area contributed by atoms with Gasteiger partial charge in [-0.25, -0.2) is 4.98 Å². The first-order valence-corrected chi connectivity index (χ1v) is 11.9. The van der Waals surface area contributed by atoms with E-state index in [1.165, 1.54) is 5.56 Å². The van der Waals surface area contributed by atoms with E-state index in [1.54, 1.807) is 0 Å². The summed E-state index contributed by atoms with van der Waals surface area (Å²) < 4.78 is 7.56. The Kier molecular flexibility index (Phi) is 6.51. The molecular formula is C26H32N4O2. The van der Waals surface area contributed by atoms with Crippen LogP contribution in [0, 0.1) is 5.92 Å². The molecule has 4 heterocycles. The Bertz CT molecular complexity index is 1060. The largest absolute Gasteiger partial charge is 0.379 e. The minimum absolute atomic E-state index is 0.185. The molecule has 2 aromatic heterocycles. The van der Waals surface area contributed by atoms with Gasteiger partial charge in [0.2, 0.25) is 0 Å². The number of carbonyl (C=O) groups is 1. The number of imidazole rings is 1. The molecule has 32 heavy (non-hydrogen) atoms. The van der Waals surface area contributed by atoms with E-state index in [1.807, 2.05) is 36.8 Å². The summed E-state index contributed by atoms with van der Waals surface area (Å²) in [5.41, 5.74) is 4.35. The van der Waals surface area contributed by atoms with Crippen molar-refractivity contribution >= 4 is 11.6 Å². The van der Waals surface area contributed by atoms with E-state index in [2.05, 4.69) is 37.4 Å². The average molecular weight is 433 g/mol. The van der Waals surface area contributed by atoms with Crippen LogP contribution in [0.5, 0.6) is 0 Å². The zero-order valence-electron chi connectivity index (χ0n) is 18.7. The number of fused-ring (bicyclic) bond motifs is 1. The highest BCUT2D eigenvalue weighted by molar-refractivity contribution is 5.95. The summed E-state index contributed by atoms with van der Waals surface area (Å²) in [7, 11) is 0. The van der Waals surface area contributed by atoms with Crippen LogP contribution in [-0.2, 0) is 17.7 Å². The monoisotopic (exact) mass is 432 g/mol. The van der Waals surface area contributed by atoms with Crippen LogP contribution in [0.1, 0.15) is 40.7 Å². The summed E-state index contributed by atoms with van der Waals surface area (Å²) >= 11 is 0. The van der Waals surface area contributed by atoms with Gasteiger partial charge < -0.3 is 14.0 Å². The van der Waals surface area contributed by atoms with Gasteiger partial charge in [-0.15, -0.1) is 0 Å². The molecule has 168 valence electrons. The molecule has 0 bridgehead atoms. The first kappa shape index (κ1) is 21.2. The van der Waals surface area contributed by atoms with Crippen LogP contribution < -0.4 is 0 Å². The van der Waals surface area contributed by atoms with E-state index in [0.717, 1.165) is 88.4 Å². The van der Waals surface area contributed by atoms with Gasteiger partial charge in [-0.1, -0.05) is 24.3 Å². The van der Waals surface area contributed by atoms with Crippen LogP contribution in [-0.4, -0.2) is 64.5 Å². The van der Waals surface area contributed by atoms with Gasteiger partial charge in [-0.05, 0) is 54.9 Å². The van der Waals surface area contributed by atoms with Crippen LogP contribution >= 0.6 is 0 Å². The number of ether oxygens (including phenoxy) is 1. The Morgan fingerprint density at radius 1 is 0.969 bits per heavy atom. The van der Waals surface area contributed by atoms with E-state index >= 15 is 0 Å². The number of morpholine rings is 1. The number of pyridine rings is 1. The Labute approximate surface area is 189 Å². The fourth-order valence-electron chi connectivity index (χ4n) is 5.09. The van der Waals surface area contributed by atoms with Crippen molar-refractivity contribution < 1.29 is 9.53 Å². The van der Waals surface area contributed by atoms with Gasteiger partial charge in [0.05, 0.1) is 13.2 Å². The van der Waals surface area contributed by atoms with Crippen molar-refractivity contribution in [3.05, 3.63) is 71.7 Å². The molecule has 1 amide bonds. The fourth-order valence-corrected chi connectivity index (χ4v) is 5.09. The van der Waals surface area contributed by atoms with Crippen molar-refractivity contribution in [2.24, 2.45) is 5.92 Å². The molecule has 3 aromatic rings. The summed E-state index contributed by atoms with van der Waals surface area (Å²) in [4.78, 5) is 22.5. The maximum atomic E-state index is 13.5. The number of aromatic nitrogens is 2. The van der Waals surface area contributed by atoms with E-state index < -0.39 is 0 Å². The zero-order valence-corrected chi connectivity index (χ0v) is 18.7. The van der Waals surface area contributed by atoms with E-state index in [-0.39, 0.29) is 5.91 Å². The summed E-state index contributed by atoms with van der Waals surface area (Å²) in [5, 5.41) is 0. The standard InChI is InChI=1S/C26H32N4O2/c31-26(24-8-2-1-6-23(24)20-28-15-17-32-18-16-28)30-12-3-5-21(9-13-30)19-22-7-4-11-29-14-10-27-25(22)29/h1-2,4,6-8,10-11,14,21H,3,5,9,12-13,15-20H2/t21-/m0/s1. The normalized spacial score (nSPS) is 20.4. The number of hydrogen-bond donors (Lipinski definition) is 0. The predicted molar refractivity (Wildman–Crippen MR) is 125 cm³/mol. The van der Waals surface area contributed by atoms with Gasteiger partial charge in [-0.2, -0.15) is 0 Å². The molecule has 0 aliphatic carbocycles. The fraction of sp³-hybridized carbons (Fsp3) is 0.462. The topological polar surface area (TPSA) is 50.1 Å². The Morgan fingerprint density at radius 3 is 2.72 bits per heavy atom. The van der Waals surface area contributed by atoms with Crippen LogP contribution in [0.3, 0.4) is 0 Å². The molecular weight excluding hydrogens is 400 g/mol. The zero-order chi connectivity index (χ0) is 21.8. The van der Waals surface area contributed by atoms with Gasteiger partial charge in [-0.3, -0.25) is 9.69 Å². The first-order chi connectivity index (χ1) is 15.8. The van der Waals surface area contributed by atoms with Crippen molar-refractivity contribution in [2.45, 2.75) is 32.2 Å². The van der Waals surface area contributed by atoms with E-state index in [9.17, 15) is 4.79 Å². The molecule has 0 saturated carbocycles. The number of likely N-dealkylation sites (tertiary alicyclic amines) is 1. The molecule has 2 fully saturated rings. The molecule has 6 nitrogen and oxygen atoms in total. The Balaban J connectivity index is 1.24. The third-order valence-corrected chi connectivity index (χ3v) is 6.89. The lowest BCUT2D eigenvalue weighted by molar-refractivity contribution is 0.0340. The lowest BCUT2D eigenvalue weighted by Crippen LogP contribution is -2.37. The van der Waals surface area contributed by atoms with Crippen LogP contribution in [0.2, 0.25) is 0 Å². The summed E-state index contributed by atoms with van der Waals surface area (Å²) in [5.74, 6) is 0.768. The minimum atomic E-state index is 0.185. The van der Waals surface area contributed by atoms with Crippen molar-refractivity contribution in [3.63, 3.8) is 0 Å². The molecule has 0 spiro atoms. The molecule has 1 aromatic carbocycles. The number of rotatable bonds is 5. The summed E-state index contributed by atoms with van der Waals surface area (Å²) in [6.45, 7) is 5.89. The molecule has 0 N–H and O–H groups in total. The molecule has 5 rings (SSSR count). The van der Waals surface area contributed by atoms with Crippen molar-refractivity contribution in [2.75, 3.05) is 39.4 Å². The predicted octanol–water partition coefficient (Wildman–Crippen LogP) is 3.65. The Morgan fingerprint density at radius 2 is 1.81 bits per heavy atom. The van der Waals surface area contributed by atoms with Crippen LogP contribution in [0.25, 0.3) is 5.65 Å². The highest BCUT2D eigenvalue weighted by atomic mass is 16.5.